The van der Waals surface area contributed by atoms with Gasteiger partial charge in [0.05, 0.1) is 0 Å². The highest BCUT2D eigenvalue weighted by Gasteiger charge is 2.10. The smallest absolute Gasteiger partial charge is 0.302 e. The second-order valence-electron chi connectivity index (χ2n) is 4.93. The molecule has 0 saturated carbocycles. The second kappa shape index (κ2) is 11.9. The van der Waals surface area contributed by atoms with Gasteiger partial charge in [0.2, 0.25) is 0 Å². The van der Waals surface area contributed by atoms with E-state index in [1.54, 1.807) is 0 Å². The summed E-state index contributed by atoms with van der Waals surface area (Å²) in [6.45, 7) is 5.89. The van der Waals surface area contributed by atoms with Gasteiger partial charge in [-0.05, 0) is 19.3 Å². The summed E-state index contributed by atoms with van der Waals surface area (Å²) >= 11 is 0. The Morgan fingerprint density at radius 1 is 0.882 bits per heavy atom. The van der Waals surface area contributed by atoms with Crippen LogP contribution >= 0.6 is 0 Å². The largest absolute Gasteiger partial charge is 0.463 e. The van der Waals surface area contributed by atoms with E-state index in [1.807, 2.05) is 0 Å². The van der Waals surface area contributed by atoms with E-state index in [1.165, 1.54) is 51.9 Å². The van der Waals surface area contributed by atoms with Crippen molar-refractivity contribution < 1.29 is 9.53 Å². The number of ether oxygens (including phenoxy) is 1. The predicted molar refractivity (Wildman–Crippen MR) is 73.1 cm³/mol. The molecule has 0 radical (unpaired) electrons. The van der Waals surface area contributed by atoms with Crippen LogP contribution in [0.25, 0.3) is 0 Å². The minimum absolute atomic E-state index is 0.133. The molecule has 0 aromatic rings. The van der Waals surface area contributed by atoms with Gasteiger partial charge in [0.15, 0.2) is 0 Å². The maximum atomic E-state index is 10.9. The van der Waals surface area contributed by atoms with Crippen LogP contribution in [0.5, 0.6) is 0 Å². The van der Waals surface area contributed by atoms with Gasteiger partial charge in [0.25, 0.3) is 0 Å². The van der Waals surface area contributed by atoms with E-state index in [0.29, 0.717) is 0 Å². The van der Waals surface area contributed by atoms with Crippen molar-refractivity contribution in [1.82, 2.24) is 0 Å². The molecule has 0 bridgehead atoms. The van der Waals surface area contributed by atoms with Gasteiger partial charge in [0.1, 0.15) is 6.10 Å². The molecule has 102 valence electrons. The topological polar surface area (TPSA) is 26.3 Å². The molecule has 0 aliphatic heterocycles. The summed E-state index contributed by atoms with van der Waals surface area (Å²) in [5.74, 6) is -0.133. The Kier molecular flexibility index (Phi) is 11.6. The zero-order chi connectivity index (χ0) is 12.9. The first-order valence-corrected chi connectivity index (χ1v) is 7.37. The van der Waals surface area contributed by atoms with Crippen LogP contribution in [0.4, 0.5) is 0 Å². The monoisotopic (exact) mass is 242 g/mol. The van der Waals surface area contributed by atoms with Crippen molar-refractivity contribution in [1.29, 1.82) is 0 Å². The normalized spacial score (nSPS) is 12.4. The van der Waals surface area contributed by atoms with Crippen molar-refractivity contribution >= 4 is 5.97 Å². The SMILES string of the molecule is CCCCCCCCCC(CCC)OC(C)=O. The lowest BCUT2D eigenvalue weighted by atomic mass is 10.0. The first-order chi connectivity index (χ1) is 8.20. The molecule has 0 heterocycles. The van der Waals surface area contributed by atoms with E-state index in [2.05, 4.69) is 13.8 Å². The molecular weight excluding hydrogens is 212 g/mol. The van der Waals surface area contributed by atoms with E-state index in [-0.39, 0.29) is 12.1 Å². The third-order valence-electron chi connectivity index (χ3n) is 3.07. The fraction of sp³-hybridized carbons (Fsp3) is 0.933. The van der Waals surface area contributed by atoms with Gasteiger partial charge < -0.3 is 4.74 Å². The van der Waals surface area contributed by atoms with Crippen molar-refractivity contribution in [3.8, 4) is 0 Å². The minimum Gasteiger partial charge on any atom is -0.463 e. The first-order valence-electron chi connectivity index (χ1n) is 7.37. The molecule has 17 heavy (non-hydrogen) atoms. The summed E-state index contributed by atoms with van der Waals surface area (Å²) in [5, 5.41) is 0. The standard InChI is InChI=1S/C15H30O2/c1-4-6-7-8-9-10-11-13-15(12-5-2)17-14(3)16/h15H,4-13H2,1-3H3. The summed E-state index contributed by atoms with van der Waals surface area (Å²) in [6.07, 6.45) is 12.5. The summed E-state index contributed by atoms with van der Waals surface area (Å²) in [5.41, 5.74) is 0. The molecule has 0 fully saturated rings. The van der Waals surface area contributed by atoms with Crippen molar-refractivity contribution in [3.63, 3.8) is 0 Å². The highest BCUT2D eigenvalue weighted by molar-refractivity contribution is 5.66. The third-order valence-corrected chi connectivity index (χ3v) is 3.07. The molecule has 0 aliphatic rings. The summed E-state index contributed by atoms with van der Waals surface area (Å²) in [6, 6.07) is 0. The Labute approximate surface area is 107 Å². The average Bonchev–Trinajstić information content (AvgIpc) is 2.27. The van der Waals surface area contributed by atoms with Crippen LogP contribution in [0, 0.1) is 0 Å². The minimum atomic E-state index is -0.133. The van der Waals surface area contributed by atoms with Crippen molar-refractivity contribution in [2.45, 2.75) is 91.1 Å². The van der Waals surface area contributed by atoms with Crippen LogP contribution in [0.1, 0.15) is 85.0 Å². The maximum absolute atomic E-state index is 10.9. The van der Waals surface area contributed by atoms with Crippen LogP contribution in [-0.4, -0.2) is 12.1 Å². The van der Waals surface area contributed by atoms with Gasteiger partial charge >= 0.3 is 5.97 Å². The van der Waals surface area contributed by atoms with Crippen LogP contribution in [-0.2, 0) is 9.53 Å². The molecule has 1 atom stereocenters. The molecule has 0 saturated heterocycles. The molecule has 0 aromatic carbocycles. The molecular formula is C15H30O2. The molecule has 0 N–H and O–H groups in total. The highest BCUT2D eigenvalue weighted by atomic mass is 16.5. The number of rotatable bonds is 11. The molecule has 0 aromatic heterocycles. The number of carbonyl (C=O) groups is 1. The highest BCUT2D eigenvalue weighted by Crippen LogP contribution is 2.14. The Morgan fingerprint density at radius 3 is 2.00 bits per heavy atom. The lowest BCUT2D eigenvalue weighted by Crippen LogP contribution is -2.15. The summed E-state index contributed by atoms with van der Waals surface area (Å²) in [4.78, 5) is 10.9. The molecule has 2 heteroatoms. The van der Waals surface area contributed by atoms with Gasteiger partial charge in [-0.25, -0.2) is 0 Å². The predicted octanol–water partition coefficient (Wildman–Crippen LogP) is 4.86. The van der Waals surface area contributed by atoms with Gasteiger partial charge in [-0.2, -0.15) is 0 Å². The lowest BCUT2D eigenvalue weighted by molar-refractivity contribution is -0.147. The van der Waals surface area contributed by atoms with E-state index in [4.69, 9.17) is 4.74 Å². The van der Waals surface area contributed by atoms with Crippen molar-refractivity contribution in [2.24, 2.45) is 0 Å². The number of carbonyl (C=O) groups excluding carboxylic acids is 1. The molecule has 2 nitrogen and oxygen atoms in total. The van der Waals surface area contributed by atoms with E-state index in [0.717, 1.165) is 19.3 Å². The maximum Gasteiger partial charge on any atom is 0.302 e. The zero-order valence-corrected chi connectivity index (χ0v) is 12.0. The van der Waals surface area contributed by atoms with Crippen molar-refractivity contribution in [3.05, 3.63) is 0 Å². The van der Waals surface area contributed by atoms with E-state index in [9.17, 15) is 4.79 Å². The van der Waals surface area contributed by atoms with E-state index >= 15 is 0 Å². The number of esters is 1. The van der Waals surface area contributed by atoms with E-state index < -0.39 is 0 Å². The number of hydrogen-bond acceptors (Lipinski definition) is 2. The van der Waals surface area contributed by atoms with Crippen LogP contribution in [0.3, 0.4) is 0 Å². The van der Waals surface area contributed by atoms with Crippen molar-refractivity contribution in [2.75, 3.05) is 0 Å². The Hall–Kier alpha value is -0.530. The fourth-order valence-electron chi connectivity index (χ4n) is 2.15. The van der Waals surface area contributed by atoms with Gasteiger partial charge in [-0.3, -0.25) is 4.79 Å². The Balaban J connectivity index is 3.43. The summed E-state index contributed by atoms with van der Waals surface area (Å²) < 4.78 is 5.30. The average molecular weight is 242 g/mol. The number of unbranched alkanes of at least 4 members (excludes halogenated alkanes) is 6. The zero-order valence-electron chi connectivity index (χ0n) is 12.0. The quantitative estimate of drug-likeness (QED) is 0.382. The summed E-state index contributed by atoms with van der Waals surface area (Å²) in [7, 11) is 0. The fourth-order valence-corrected chi connectivity index (χ4v) is 2.15. The molecule has 0 amide bonds. The van der Waals surface area contributed by atoms with Crippen LogP contribution in [0.15, 0.2) is 0 Å². The second-order valence-corrected chi connectivity index (χ2v) is 4.93. The first kappa shape index (κ1) is 16.5. The van der Waals surface area contributed by atoms with Gasteiger partial charge in [0, 0.05) is 6.92 Å². The lowest BCUT2D eigenvalue weighted by Gasteiger charge is -2.15. The molecule has 0 aliphatic carbocycles. The third kappa shape index (κ3) is 11.7. The number of hydrogen-bond donors (Lipinski definition) is 0. The van der Waals surface area contributed by atoms with Gasteiger partial charge in [-0.15, -0.1) is 0 Å². The van der Waals surface area contributed by atoms with Gasteiger partial charge in [-0.1, -0.05) is 58.8 Å². The van der Waals surface area contributed by atoms with Crippen LogP contribution in [0.2, 0.25) is 0 Å². The van der Waals surface area contributed by atoms with Crippen LogP contribution < -0.4 is 0 Å². The molecule has 0 spiro atoms. The Morgan fingerprint density at radius 2 is 1.47 bits per heavy atom. The molecule has 0 rings (SSSR count). The molecule has 1 unspecified atom stereocenters. The Bertz CT molecular complexity index is 178.